The summed E-state index contributed by atoms with van der Waals surface area (Å²) < 4.78 is 11.3. The Morgan fingerprint density at radius 1 is 0.968 bits per heavy atom. The first-order chi connectivity index (χ1) is 15.1. The maximum atomic E-state index is 12.9. The number of hydrogen-bond donors (Lipinski definition) is 0. The zero-order valence-corrected chi connectivity index (χ0v) is 18.9. The number of benzene rings is 2. The number of amides is 1. The molecule has 5 nitrogen and oxygen atoms in total. The summed E-state index contributed by atoms with van der Waals surface area (Å²) in [6.07, 6.45) is 0. The molecule has 2 aromatic carbocycles. The highest BCUT2D eigenvalue weighted by atomic mass is 32.1. The van der Waals surface area contributed by atoms with Crippen LogP contribution >= 0.6 is 11.3 Å². The van der Waals surface area contributed by atoms with Crippen LogP contribution in [0.2, 0.25) is 0 Å². The number of carbonyl (C=O) groups excluding carboxylic acids is 1. The number of thiophene rings is 1. The molecule has 0 N–H and O–H groups in total. The number of nitrogens with zero attached hydrogens (tertiary/aromatic N) is 2. The van der Waals surface area contributed by atoms with Crippen molar-refractivity contribution in [2.45, 2.75) is 20.1 Å². The third-order valence-electron chi connectivity index (χ3n) is 5.49. The monoisotopic (exact) mass is 436 g/mol. The van der Waals surface area contributed by atoms with E-state index in [2.05, 4.69) is 29.2 Å². The second-order valence-corrected chi connectivity index (χ2v) is 8.73. The van der Waals surface area contributed by atoms with Gasteiger partial charge in [-0.25, -0.2) is 0 Å². The van der Waals surface area contributed by atoms with Crippen LogP contribution in [0.15, 0.2) is 60.0 Å². The standard InChI is InChI=1S/C25H28N2O3S/c1-19-8-9-22(23(14-19)29-2)30-17-21-15-24(31-18-21)25(28)27-12-10-26(11-13-27)16-20-6-4-3-5-7-20/h3-9,14-15,18H,10-13,16-17H2,1-2H3. The quantitative estimate of drug-likeness (QED) is 0.543. The predicted octanol–water partition coefficient (Wildman–Crippen LogP) is 4.60. The molecule has 0 aliphatic carbocycles. The van der Waals surface area contributed by atoms with E-state index in [0.717, 1.165) is 54.5 Å². The summed E-state index contributed by atoms with van der Waals surface area (Å²) in [6, 6.07) is 18.3. The van der Waals surface area contributed by atoms with Crippen molar-refractivity contribution in [2.24, 2.45) is 0 Å². The van der Waals surface area contributed by atoms with Crippen molar-refractivity contribution in [3.8, 4) is 11.5 Å². The number of piperazine rings is 1. The van der Waals surface area contributed by atoms with Crippen molar-refractivity contribution in [1.82, 2.24) is 9.80 Å². The zero-order valence-electron chi connectivity index (χ0n) is 18.0. The van der Waals surface area contributed by atoms with Crippen LogP contribution in [0.25, 0.3) is 0 Å². The number of carbonyl (C=O) groups is 1. The van der Waals surface area contributed by atoms with Crippen molar-refractivity contribution in [2.75, 3.05) is 33.3 Å². The first-order valence-electron chi connectivity index (χ1n) is 10.5. The Morgan fingerprint density at radius 2 is 1.74 bits per heavy atom. The molecule has 0 bridgehead atoms. The highest BCUT2D eigenvalue weighted by Gasteiger charge is 2.23. The van der Waals surface area contributed by atoms with E-state index in [4.69, 9.17) is 9.47 Å². The van der Waals surface area contributed by atoms with Gasteiger partial charge in [-0.15, -0.1) is 11.3 Å². The molecule has 0 spiro atoms. The Morgan fingerprint density at radius 3 is 2.48 bits per heavy atom. The fraction of sp³-hybridized carbons (Fsp3) is 0.320. The Hall–Kier alpha value is -2.83. The van der Waals surface area contributed by atoms with E-state index in [1.807, 2.05) is 47.5 Å². The smallest absolute Gasteiger partial charge is 0.264 e. The first-order valence-corrected chi connectivity index (χ1v) is 11.4. The molecule has 0 saturated carbocycles. The van der Waals surface area contributed by atoms with Crippen LogP contribution in [0.3, 0.4) is 0 Å². The number of aryl methyl sites for hydroxylation is 1. The molecule has 0 radical (unpaired) electrons. The second-order valence-electron chi connectivity index (χ2n) is 7.82. The third kappa shape index (κ3) is 5.46. The van der Waals surface area contributed by atoms with Gasteiger partial charge in [0.25, 0.3) is 5.91 Å². The molecule has 6 heteroatoms. The minimum Gasteiger partial charge on any atom is -0.493 e. The summed E-state index contributed by atoms with van der Waals surface area (Å²) in [7, 11) is 1.64. The van der Waals surface area contributed by atoms with Crippen molar-refractivity contribution >= 4 is 17.2 Å². The fourth-order valence-electron chi connectivity index (χ4n) is 3.73. The molecule has 0 unspecified atom stereocenters. The van der Waals surface area contributed by atoms with Crippen LogP contribution in [0, 0.1) is 6.92 Å². The molecular weight excluding hydrogens is 408 g/mol. The lowest BCUT2D eigenvalue weighted by Crippen LogP contribution is -2.48. The van der Waals surface area contributed by atoms with Crippen molar-refractivity contribution in [1.29, 1.82) is 0 Å². The van der Waals surface area contributed by atoms with E-state index < -0.39 is 0 Å². The molecule has 1 saturated heterocycles. The Balaban J connectivity index is 1.29. The van der Waals surface area contributed by atoms with Gasteiger partial charge in [0.15, 0.2) is 11.5 Å². The molecule has 2 heterocycles. The lowest BCUT2D eigenvalue weighted by atomic mass is 10.2. The number of ether oxygens (including phenoxy) is 2. The van der Waals surface area contributed by atoms with Crippen molar-refractivity contribution < 1.29 is 14.3 Å². The van der Waals surface area contributed by atoms with E-state index >= 15 is 0 Å². The molecule has 1 aliphatic rings. The maximum absolute atomic E-state index is 12.9. The summed E-state index contributed by atoms with van der Waals surface area (Å²) >= 11 is 1.49. The zero-order chi connectivity index (χ0) is 21.6. The van der Waals surface area contributed by atoms with Gasteiger partial charge in [0, 0.05) is 38.3 Å². The van der Waals surface area contributed by atoms with Crippen molar-refractivity contribution in [3.05, 3.63) is 81.5 Å². The lowest BCUT2D eigenvalue weighted by molar-refractivity contribution is 0.0633. The van der Waals surface area contributed by atoms with Gasteiger partial charge in [0.05, 0.1) is 12.0 Å². The first kappa shape index (κ1) is 21.4. The summed E-state index contributed by atoms with van der Waals surface area (Å²) in [6.45, 7) is 6.68. The van der Waals surface area contributed by atoms with Gasteiger partial charge < -0.3 is 14.4 Å². The molecule has 4 rings (SSSR count). The van der Waals surface area contributed by atoms with Crippen LogP contribution < -0.4 is 9.47 Å². The van der Waals surface area contributed by atoms with Gasteiger partial charge in [-0.05, 0) is 41.6 Å². The van der Waals surface area contributed by atoms with Crippen molar-refractivity contribution in [3.63, 3.8) is 0 Å². The predicted molar refractivity (Wildman–Crippen MR) is 124 cm³/mol. The van der Waals surface area contributed by atoms with Gasteiger partial charge in [0.2, 0.25) is 0 Å². The largest absolute Gasteiger partial charge is 0.493 e. The van der Waals surface area contributed by atoms with Crippen LogP contribution in [0.5, 0.6) is 11.5 Å². The lowest BCUT2D eigenvalue weighted by Gasteiger charge is -2.34. The van der Waals surface area contributed by atoms with Gasteiger partial charge in [-0.2, -0.15) is 0 Å². The van der Waals surface area contributed by atoms with E-state index in [1.165, 1.54) is 16.9 Å². The number of methoxy groups -OCH3 is 1. The number of hydrogen-bond acceptors (Lipinski definition) is 5. The molecule has 1 aliphatic heterocycles. The third-order valence-corrected chi connectivity index (χ3v) is 6.45. The van der Waals surface area contributed by atoms with Crippen LogP contribution in [-0.2, 0) is 13.2 Å². The SMILES string of the molecule is COc1cc(C)ccc1OCc1csc(C(=O)N2CCN(Cc3ccccc3)CC2)c1. The van der Waals surface area contributed by atoms with E-state index in [0.29, 0.717) is 12.4 Å². The molecule has 162 valence electrons. The normalized spacial score (nSPS) is 14.5. The summed E-state index contributed by atoms with van der Waals surface area (Å²) in [4.78, 5) is 18.1. The molecule has 3 aromatic rings. The van der Waals surface area contributed by atoms with Gasteiger partial charge in [-0.1, -0.05) is 36.4 Å². The topological polar surface area (TPSA) is 42.0 Å². The van der Waals surface area contributed by atoms with Crippen LogP contribution in [0.1, 0.15) is 26.4 Å². The summed E-state index contributed by atoms with van der Waals surface area (Å²) in [5.74, 6) is 1.55. The Labute approximate surface area is 187 Å². The van der Waals surface area contributed by atoms with E-state index in [-0.39, 0.29) is 5.91 Å². The number of rotatable bonds is 7. The molecule has 31 heavy (non-hydrogen) atoms. The summed E-state index contributed by atoms with van der Waals surface area (Å²) in [5.41, 5.74) is 3.44. The molecular formula is C25H28N2O3S. The van der Waals surface area contributed by atoms with E-state index in [9.17, 15) is 4.79 Å². The minimum absolute atomic E-state index is 0.114. The Bertz CT molecular complexity index is 1010. The molecule has 1 amide bonds. The molecule has 0 atom stereocenters. The van der Waals surface area contributed by atoms with Crippen LogP contribution in [-0.4, -0.2) is 49.0 Å². The minimum atomic E-state index is 0.114. The maximum Gasteiger partial charge on any atom is 0.264 e. The van der Waals surface area contributed by atoms with Gasteiger partial charge in [-0.3, -0.25) is 9.69 Å². The van der Waals surface area contributed by atoms with Gasteiger partial charge >= 0.3 is 0 Å². The average Bonchev–Trinajstić information content (AvgIpc) is 3.28. The van der Waals surface area contributed by atoms with Crippen LogP contribution in [0.4, 0.5) is 0 Å². The highest BCUT2D eigenvalue weighted by Crippen LogP contribution is 2.29. The molecule has 1 fully saturated rings. The van der Waals surface area contributed by atoms with Gasteiger partial charge in [0.1, 0.15) is 6.61 Å². The second kappa shape index (κ2) is 9.98. The molecule has 1 aromatic heterocycles. The average molecular weight is 437 g/mol. The van der Waals surface area contributed by atoms with E-state index in [1.54, 1.807) is 7.11 Å². The Kier molecular flexibility index (Phi) is 6.89. The summed E-state index contributed by atoms with van der Waals surface area (Å²) in [5, 5.41) is 2.00. The fourth-order valence-corrected chi connectivity index (χ4v) is 4.59. The highest BCUT2D eigenvalue weighted by molar-refractivity contribution is 7.12.